The summed E-state index contributed by atoms with van der Waals surface area (Å²) in [6.45, 7) is 0.783. The minimum Gasteiger partial charge on any atom is -0.497 e. The number of halogens is 1. The summed E-state index contributed by atoms with van der Waals surface area (Å²) in [6.07, 6.45) is 1.71. The minimum atomic E-state index is -0.237. The standard InChI is InChI=1S/C22H22ClN3O3/c1-26(14-16-6-9-19(28-2)10-7-16)22(27)25-17-8-11-21(20(23)13-17)29-15-18-5-3-4-12-24-18/h3-13H,14-15H2,1-2H3,(H,25,27). The first-order valence-electron chi connectivity index (χ1n) is 9.02. The maximum atomic E-state index is 12.5. The van der Waals surface area contributed by atoms with Crippen molar-refractivity contribution in [2.45, 2.75) is 13.2 Å². The normalized spacial score (nSPS) is 10.3. The Kier molecular flexibility index (Phi) is 6.92. The van der Waals surface area contributed by atoms with Gasteiger partial charge >= 0.3 is 6.03 Å². The summed E-state index contributed by atoms with van der Waals surface area (Å²) >= 11 is 6.29. The molecule has 3 rings (SSSR count). The van der Waals surface area contributed by atoms with Crippen LogP contribution in [0.1, 0.15) is 11.3 Å². The number of nitrogens with zero attached hydrogens (tertiary/aromatic N) is 2. The molecule has 150 valence electrons. The molecule has 2 aromatic carbocycles. The van der Waals surface area contributed by atoms with Crippen LogP contribution < -0.4 is 14.8 Å². The van der Waals surface area contributed by atoms with Gasteiger partial charge in [0.15, 0.2) is 0 Å². The number of anilines is 1. The minimum absolute atomic E-state index is 0.237. The lowest BCUT2D eigenvalue weighted by molar-refractivity contribution is 0.220. The monoisotopic (exact) mass is 411 g/mol. The van der Waals surface area contributed by atoms with Gasteiger partial charge in [0.2, 0.25) is 0 Å². The summed E-state index contributed by atoms with van der Waals surface area (Å²) in [5, 5.41) is 3.25. The highest BCUT2D eigenvalue weighted by molar-refractivity contribution is 6.32. The largest absolute Gasteiger partial charge is 0.497 e. The van der Waals surface area contributed by atoms with E-state index in [1.165, 1.54) is 0 Å². The number of aromatic nitrogens is 1. The molecule has 0 fully saturated rings. The summed E-state index contributed by atoms with van der Waals surface area (Å²) in [6, 6.07) is 18.1. The van der Waals surface area contributed by atoms with Gasteiger partial charge in [-0.2, -0.15) is 0 Å². The Labute approximate surface area is 175 Å². The first kappa shape index (κ1) is 20.5. The molecular formula is C22H22ClN3O3. The SMILES string of the molecule is COc1ccc(CN(C)C(=O)Nc2ccc(OCc3ccccn3)c(Cl)c2)cc1. The summed E-state index contributed by atoms with van der Waals surface area (Å²) in [5.74, 6) is 1.31. The van der Waals surface area contributed by atoms with Crippen molar-refractivity contribution in [3.63, 3.8) is 0 Å². The van der Waals surface area contributed by atoms with Crippen LogP contribution in [0, 0.1) is 0 Å². The van der Waals surface area contributed by atoms with Crippen molar-refractivity contribution in [3.8, 4) is 11.5 Å². The number of hydrogen-bond donors (Lipinski definition) is 1. The molecule has 0 bridgehead atoms. The number of carbonyl (C=O) groups is 1. The van der Waals surface area contributed by atoms with Gasteiger partial charge in [-0.1, -0.05) is 29.8 Å². The third-order valence-corrected chi connectivity index (χ3v) is 4.51. The Morgan fingerprint density at radius 1 is 1.14 bits per heavy atom. The van der Waals surface area contributed by atoms with Crippen LogP contribution >= 0.6 is 11.6 Å². The number of benzene rings is 2. The van der Waals surface area contributed by atoms with Crippen LogP contribution in [-0.4, -0.2) is 30.1 Å². The highest BCUT2D eigenvalue weighted by atomic mass is 35.5. The van der Waals surface area contributed by atoms with Crippen LogP contribution in [0.25, 0.3) is 0 Å². The van der Waals surface area contributed by atoms with Gasteiger partial charge in [0, 0.05) is 25.5 Å². The van der Waals surface area contributed by atoms with Crippen LogP contribution in [0.4, 0.5) is 10.5 Å². The Bertz CT molecular complexity index is 949. The zero-order valence-electron chi connectivity index (χ0n) is 16.3. The summed E-state index contributed by atoms with van der Waals surface area (Å²) in [5.41, 5.74) is 2.40. The van der Waals surface area contributed by atoms with E-state index < -0.39 is 0 Å². The molecule has 3 aromatic rings. The maximum Gasteiger partial charge on any atom is 0.321 e. The predicted octanol–water partition coefficient (Wildman–Crippen LogP) is 4.99. The average Bonchev–Trinajstić information content (AvgIpc) is 2.74. The van der Waals surface area contributed by atoms with E-state index in [0.29, 0.717) is 29.6 Å². The molecule has 0 atom stereocenters. The molecule has 29 heavy (non-hydrogen) atoms. The topological polar surface area (TPSA) is 63.7 Å². The number of ether oxygens (including phenoxy) is 2. The van der Waals surface area contributed by atoms with E-state index in [4.69, 9.17) is 21.1 Å². The molecule has 0 spiro atoms. The molecule has 1 heterocycles. The highest BCUT2D eigenvalue weighted by Crippen LogP contribution is 2.28. The van der Waals surface area contributed by atoms with Crippen molar-refractivity contribution < 1.29 is 14.3 Å². The van der Waals surface area contributed by atoms with E-state index in [0.717, 1.165) is 17.0 Å². The molecule has 6 nitrogen and oxygen atoms in total. The summed E-state index contributed by atoms with van der Waals surface area (Å²) in [7, 11) is 3.35. The smallest absolute Gasteiger partial charge is 0.321 e. The number of carbonyl (C=O) groups excluding carboxylic acids is 1. The molecule has 1 aromatic heterocycles. The number of amides is 2. The molecule has 0 unspecified atom stereocenters. The molecule has 7 heteroatoms. The van der Waals surface area contributed by atoms with Gasteiger partial charge in [-0.3, -0.25) is 4.98 Å². The van der Waals surface area contributed by atoms with E-state index >= 15 is 0 Å². The van der Waals surface area contributed by atoms with E-state index in [2.05, 4.69) is 10.3 Å². The highest BCUT2D eigenvalue weighted by Gasteiger charge is 2.11. The molecule has 2 amide bonds. The van der Waals surface area contributed by atoms with E-state index in [1.807, 2.05) is 42.5 Å². The molecule has 0 radical (unpaired) electrons. The van der Waals surface area contributed by atoms with Gasteiger partial charge in [0.05, 0.1) is 17.8 Å². The zero-order chi connectivity index (χ0) is 20.6. The van der Waals surface area contributed by atoms with Gasteiger partial charge in [-0.15, -0.1) is 0 Å². The zero-order valence-corrected chi connectivity index (χ0v) is 17.0. The van der Waals surface area contributed by atoms with Gasteiger partial charge < -0.3 is 19.7 Å². The van der Waals surface area contributed by atoms with Crippen molar-refractivity contribution in [1.82, 2.24) is 9.88 Å². The maximum absolute atomic E-state index is 12.5. The Hall–Kier alpha value is -3.25. The predicted molar refractivity (Wildman–Crippen MR) is 114 cm³/mol. The fraction of sp³-hybridized carbons (Fsp3) is 0.182. The number of methoxy groups -OCH3 is 1. The summed E-state index contributed by atoms with van der Waals surface area (Å²) < 4.78 is 10.8. The fourth-order valence-corrected chi connectivity index (χ4v) is 2.86. The summed E-state index contributed by atoms with van der Waals surface area (Å²) in [4.78, 5) is 18.2. The Morgan fingerprint density at radius 3 is 2.59 bits per heavy atom. The number of hydrogen-bond acceptors (Lipinski definition) is 4. The fourth-order valence-electron chi connectivity index (χ4n) is 2.63. The second kappa shape index (κ2) is 9.80. The quantitative estimate of drug-likeness (QED) is 0.595. The lowest BCUT2D eigenvalue weighted by atomic mass is 10.2. The van der Waals surface area contributed by atoms with E-state index in [1.54, 1.807) is 43.5 Å². The van der Waals surface area contributed by atoms with Crippen LogP contribution in [0.5, 0.6) is 11.5 Å². The second-order valence-electron chi connectivity index (χ2n) is 6.39. The van der Waals surface area contributed by atoms with Crippen molar-refractivity contribution in [2.24, 2.45) is 0 Å². The van der Waals surface area contributed by atoms with Crippen molar-refractivity contribution in [1.29, 1.82) is 0 Å². The van der Waals surface area contributed by atoms with Crippen LogP contribution in [-0.2, 0) is 13.2 Å². The first-order valence-corrected chi connectivity index (χ1v) is 9.40. The average molecular weight is 412 g/mol. The van der Waals surface area contributed by atoms with Gasteiger partial charge in [0.25, 0.3) is 0 Å². The van der Waals surface area contributed by atoms with Crippen LogP contribution in [0.2, 0.25) is 5.02 Å². The van der Waals surface area contributed by atoms with Crippen molar-refractivity contribution >= 4 is 23.3 Å². The third-order valence-electron chi connectivity index (χ3n) is 4.21. The molecule has 0 saturated heterocycles. The lowest BCUT2D eigenvalue weighted by Gasteiger charge is -2.18. The third kappa shape index (κ3) is 5.86. The van der Waals surface area contributed by atoms with E-state index in [-0.39, 0.29) is 6.03 Å². The Morgan fingerprint density at radius 2 is 1.93 bits per heavy atom. The van der Waals surface area contributed by atoms with Crippen molar-refractivity contribution in [3.05, 3.63) is 83.1 Å². The number of urea groups is 1. The van der Waals surface area contributed by atoms with Gasteiger partial charge in [0.1, 0.15) is 18.1 Å². The molecule has 0 aliphatic carbocycles. The second-order valence-corrected chi connectivity index (χ2v) is 6.80. The number of rotatable bonds is 7. The van der Waals surface area contributed by atoms with E-state index in [9.17, 15) is 4.79 Å². The van der Waals surface area contributed by atoms with Gasteiger partial charge in [-0.25, -0.2) is 4.79 Å². The Balaban J connectivity index is 1.56. The number of pyridine rings is 1. The van der Waals surface area contributed by atoms with Crippen LogP contribution in [0.3, 0.4) is 0 Å². The molecule has 0 saturated carbocycles. The lowest BCUT2D eigenvalue weighted by Crippen LogP contribution is -2.30. The van der Waals surface area contributed by atoms with Crippen LogP contribution in [0.15, 0.2) is 66.9 Å². The number of nitrogens with one attached hydrogen (secondary N) is 1. The van der Waals surface area contributed by atoms with Crippen molar-refractivity contribution in [2.75, 3.05) is 19.5 Å². The molecule has 1 N–H and O–H groups in total. The molecule has 0 aliphatic heterocycles. The molecule has 0 aliphatic rings. The molecular weight excluding hydrogens is 390 g/mol. The van der Waals surface area contributed by atoms with Gasteiger partial charge in [-0.05, 0) is 48.0 Å². The first-order chi connectivity index (χ1) is 14.0.